The second-order valence-electron chi connectivity index (χ2n) is 1.03. The highest BCUT2D eigenvalue weighted by Crippen LogP contribution is 1.84. The maximum absolute atomic E-state index is 10.2. The summed E-state index contributed by atoms with van der Waals surface area (Å²) in [5.74, 6) is -0.769. The smallest absolute Gasteiger partial charge is 0.368 e. The van der Waals surface area contributed by atoms with Crippen LogP contribution in [-0.2, 0) is 9.53 Å². The van der Waals surface area contributed by atoms with Crippen molar-refractivity contribution in [2.45, 2.75) is 6.92 Å². The first-order valence-corrected chi connectivity index (χ1v) is 2.47. The van der Waals surface area contributed by atoms with Crippen LogP contribution in [0.1, 0.15) is 6.92 Å². The van der Waals surface area contributed by atoms with Crippen LogP contribution in [0.2, 0.25) is 0 Å². The van der Waals surface area contributed by atoms with Gasteiger partial charge in [0.1, 0.15) is 0 Å². The Morgan fingerprint density at radius 3 is 2.33 bits per heavy atom. The Morgan fingerprint density at radius 1 is 1.78 bits per heavy atom. The van der Waals surface area contributed by atoms with Crippen LogP contribution in [0.4, 0.5) is 0 Å². The summed E-state index contributed by atoms with van der Waals surface area (Å²) in [6.07, 6.45) is 0. The zero-order chi connectivity index (χ0) is 6.57. The molecule has 3 nitrogen and oxygen atoms in total. The van der Waals surface area contributed by atoms with Gasteiger partial charge in [0.2, 0.25) is 5.17 Å². The summed E-state index contributed by atoms with van der Waals surface area (Å²) in [4.78, 5) is 10.2. The molecule has 0 spiro atoms. The van der Waals surface area contributed by atoms with E-state index in [4.69, 9.17) is 17.0 Å². The van der Waals surface area contributed by atoms with Gasteiger partial charge >= 0.3 is 5.97 Å². The maximum atomic E-state index is 10.2. The summed E-state index contributed by atoms with van der Waals surface area (Å²) in [7, 11) is 0. The molecule has 0 aliphatic carbocycles. The van der Waals surface area contributed by atoms with Gasteiger partial charge in [0, 0.05) is 0 Å². The minimum absolute atomic E-state index is 0. The van der Waals surface area contributed by atoms with E-state index in [1.165, 1.54) is 0 Å². The van der Waals surface area contributed by atoms with Gasteiger partial charge in [-0.2, -0.15) is 0 Å². The molecule has 0 aromatic carbocycles. The Labute approximate surface area is 64.3 Å². The highest BCUT2D eigenvalue weighted by atomic mass is 35.5. The van der Waals surface area contributed by atoms with Crippen LogP contribution in [0, 0.1) is 5.41 Å². The number of rotatable bonds is 2. The van der Waals surface area contributed by atoms with Gasteiger partial charge in [0.25, 0.3) is 0 Å². The van der Waals surface area contributed by atoms with Gasteiger partial charge in [0.15, 0.2) is 0 Å². The predicted octanol–water partition coefficient (Wildman–Crippen LogP) is 1.19. The molecule has 0 bridgehead atoms. The molecule has 0 atom stereocenters. The Morgan fingerprint density at radius 2 is 2.22 bits per heavy atom. The summed E-state index contributed by atoms with van der Waals surface area (Å²) >= 11 is 4.92. The molecule has 0 radical (unpaired) electrons. The van der Waals surface area contributed by atoms with Gasteiger partial charge < -0.3 is 4.74 Å². The Hall–Kier alpha value is -0.280. The number of nitrogens with one attached hydrogen (secondary N) is 1. The number of hydrogen-bond acceptors (Lipinski definition) is 3. The van der Waals surface area contributed by atoms with Crippen LogP contribution in [-0.4, -0.2) is 17.7 Å². The van der Waals surface area contributed by atoms with E-state index in [9.17, 15) is 4.79 Å². The SMILES string of the molecule is CCOC(=O)C(=N)Cl.Cl. The summed E-state index contributed by atoms with van der Waals surface area (Å²) in [6.45, 7) is 1.91. The Kier molecular flexibility index (Phi) is 7.48. The fraction of sp³-hybridized carbons (Fsp3) is 0.500. The minimum atomic E-state index is -0.769. The summed E-state index contributed by atoms with van der Waals surface area (Å²) in [5.41, 5.74) is 0. The lowest BCUT2D eigenvalue weighted by molar-refractivity contribution is -0.134. The molecule has 0 amide bonds. The first kappa shape index (κ1) is 11.5. The van der Waals surface area contributed by atoms with Crippen LogP contribution >= 0.6 is 24.0 Å². The van der Waals surface area contributed by atoms with Gasteiger partial charge in [-0.15, -0.1) is 12.4 Å². The zero-order valence-corrected chi connectivity index (χ0v) is 6.38. The molecule has 5 heteroatoms. The van der Waals surface area contributed by atoms with E-state index in [0.29, 0.717) is 0 Å². The molecule has 0 fully saturated rings. The fourth-order valence-electron chi connectivity index (χ4n) is 0.194. The third kappa shape index (κ3) is 5.59. The average Bonchev–Trinajstić information content (AvgIpc) is 1.67. The summed E-state index contributed by atoms with van der Waals surface area (Å²) in [6, 6.07) is 0. The minimum Gasteiger partial charge on any atom is -0.461 e. The first-order valence-electron chi connectivity index (χ1n) is 2.09. The number of hydrogen-bond donors (Lipinski definition) is 1. The molecule has 9 heavy (non-hydrogen) atoms. The molecule has 0 unspecified atom stereocenters. The molecule has 0 aliphatic heterocycles. The number of halogens is 2. The quantitative estimate of drug-likeness (QED) is 0.502. The van der Waals surface area contributed by atoms with Crippen LogP contribution in [0.15, 0.2) is 0 Å². The van der Waals surface area contributed by atoms with Crippen molar-refractivity contribution in [3.8, 4) is 0 Å². The molecular formula is C4H7Cl2NO2. The highest BCUT2D eigenvalue weighted by molar-refractivity contribution is 6.81. The lowest BCUT2D eigenvalue weighted by Crippen LogP contribution is -2.10. The van der Waals surface area contributed by atoms with Crippen molar-refractivity contribution < 1.29 is 9.53 Å². The van der Waals surface area contributed by atoms with Crippen molar-refractivity contribution in [1.29, 1.82) is 5.41 Å². The largest absolute Gasteiger partial charge is 0.461 e. The van der Waals surface area contributed by atoms with Gasteiger partial charge in [-0.3, -0.25) is 5.41 Å². The van der Waals surface area contributed by atoms with Gasteiger partial charge in [-0.05, 0) is 6.92 Å². The van der Waals surface area contributed by atoms with E-state index < -0.39 is 11.1 Å². The predicted molar refractivity (Wildman–Crippen MR) is 37.5 cm³/mol. The molecule has 0 aliphatic rings. The number of carbonyl (C=O) groups excluding carboxylic acids is 1. The molecule has 0 aromatic rings. The average molecular weight is 172 g/mol. The molecule has 0 heterocycles. The normalized spacial score (nSPS) is 7.33. The molecule has 1 N–H and O–H groups in total. The van der Waals surface area contributed by atoms with Gasteiger partial charge in [0.05, 0.1) is 6.61 Å². The summed E-state index contributed by atoms with van der Waals surface area (Å²) in [5, 5.41) is 5.92. The lowest BCUT2D eigenvalue weighted by Gasteiger charge is -1.93. The van der Waals surface area contributed by atoms with E-state index in [0.717, 1.165) is 0 Å². The van der Waals surface area contributed by atoms with Crippen molar-refractivity contribution in [2.24, 2.45) is 0 Å². The fourth-order valence-corrected chi connectivity index (χ4v) is 0.249. The van der Waals surface area contributed by atoms with Crippen LogP contribution in [0.3, 0.4) is 0 Å². The number of carbonyl (C=O) groups is 1. The lowest BCUT2D eigenvalue weighted by atomic mass is 10.7. The zero-order valence-electron chi connectivity index (χ0n) is 4.81. The second kappa shape index (κ2) is 5.85. The molecule has 0 saturated carbocycles. The monoisotopic (exact) mass is 171 g/mol. The molecule has 0 rings (SSSR count). The van der Waals surface area contributed by atoms with E-state index in [1.54, 1.807) is 6.92 Å². The topological polar surface area (TPSA) is 50.2 Å². The van der Waals surface area contributed by atoms with Crippen LogP contribution in [0.25, 0.3) is 0 Å². The highest BCUT2D eigenvalue weighted by Gasteiger charge is 2.03. The molecule has 0 saturated heterocycles. The Balaban J connectivity index is 0. The maximum Gasteiger partial charge on any atom is 0.368 e. The van der Waals surface area contributed by atoms with Crippen LogP contribution < -0.4 is 0 Å². The van der Waals surface area contributed by atoms with Crippen molar-refractivity contribution in [1.82, 2.24) is 0 Å². The number of esters is 1. The molecular weight excluding hydrogens is 165 g/mol. The van der Waals surface area contributed by atoms with Gasteiger partial charge in [-0.25, -0.2) is 4.79 Å². The van der Waals surface area contributed by atoms with E-state index >= 15 is 0 Å². The van der Waals surface area contributed by atoms with Crippen LogP contribution in [0.5, 0.6) is 0 Å². The van der Waals surface area contributed by atoms with Crippen molar-refractivity contribution in [3.05, 3.63) is 0 Å². The first-order chi connectivity index (χ1) is 3.68. The van der Waals surface area contributed by atoms with Crippen molar-refractivity contribution in [3.63, 3.8) is 0 Å². The summed E-state index contributed by atoms with van der Waals surface area (Å²) < 4.78 is 4.31. The second-order valence-corrected chi connectivity index (χ2v) is 1.41. The van der Waals surface area contributed by atoms with Crippen molar-refractivity contribution in [2.75, 3.05) is 6.61 Å². The molecule has 54 valence electrons. The third-order valence-corrected chi connectivity index (χ3v) is 0.609. The third-order valence-electron chi connectivity index (χ3n) is 0.455. The number of ether oxygens (including phenoxy) is 1. The van der Waals surface area contributed by atoms with E-state index in [-0.39, 0.29) is 19.0 Å². The standard InChI is InChI=1S/C4H6ClNO2.ClH/c1-2-8-4(7)3(5)6;/h6H,2H2,1H3;1H. The van der Waals surface area contributed by atoms with Gasteiger partial charge in [-0.1, -0.05) is 11.6 Å². The van der Waals surface area contributed by atoms with E-state index in [1.807, 2.05) is 0 Å². The van der Waals surface area contributed by atoms with Crippen molar-refractivity contribution >= 4 is 35.1 Å². The van der Waals surface area contributed by atoms with E-state index in [2.05, 4.69) is 4.74 Å². The molecule has 0 aromatic heterocycles. The Bertz CT molecular complexity index is 115.